The van der Waals surface area contributed by atoms with E-state index in [4.69, 9.17) is 27.6 Å². The minimum Gasteiger partial charge on any atom is -0.386 e. The smallest absolute Gasteiger partial charge is 0.346 e. The third kappa shape index (κ3) is 4.85. The SMILES string of the molecule is C#Cc1ccc(-c2c(-c3ccccn3)cc(-c3ccc4c(c3)C(=O)OC4=O)c(-c3ccccn3)c2-c2ccc(C#C)cc2)cc1. The molecule has 1 aliphatic heterocycles. The maximum atomic E-state index is 12.6. The Kier molecular flexibility index (Phi) is 6.83. The van der Waals surface area contributed by atoms with Crippen molar-refractivity contribution in [3.63, 3.8) is 0 Å². The summed E-state index contributed by atoms with van der Waals surface area (Å²) in [5, 5.41) is 0. The minimum atomic E-state index is -0.670. The van der Waals surface area contributed by atoms with E-state index in [0.717, 1.165) is 61.5 Å². The molecule has 0 amide bonds. The molecule has 1 aliphatic rings. The van der Waals surface area contributed by atoms with E-state index in [2.05, 4.69) is 17.9 Å². The van der Waals surface area contributed by atoms with Gasteiger partial charge in [-0.15, -0.1) is 12.8 Å². The number of pyridine rings is 2. The summed E-state index contributed by atoms with van der Waals surface area (Å²) in [5.41, 5.74) is 10.3. The molecule has 6 aromatic rings. The number of terminal acetylenes is 2. The lowest BCUT2D eigenvalue weighted by atomic mass is 9.80. The molecule has 0 fully saturated rings. The lowest BCUT2D eigenvalue weighted by Gasteiger charge is -2.24. The third-order valence-electron chi connectivity index (χ3n) is 7.83. The summed E-state index contributed by atoms with van der Waals surface area (Å²) in [6.07, 6.45) is 14.9. The molecular formula is C40H22N2O3. The van der Waals surface area contributed by atoms with E-state index in [1.165, 1.54) is 0 Å². The monoisotopic (exact) mass is 578 g/mol. The zero-order valence-corrected chi connectivity index (χ0v) is 23.8. The average Bonchev–Trinajstić information content (AvgIpc) is 3.40. The highest BCUT2D eigenvalue weighted by atomic mass is 16.6. The third-order valence-corrected chi connectivity index (χ3v) is 7.83. The Morgan fingerprint density at radius 1 is 0.489 bits per heavy atom. The molecule has 4 aromatic carbocycles. The number of esters is 2. The predicted octanol–water partition coefficient (Wildman–Crippen LogP) is 8.08. The minimum absolute atomic E-state index is 0.220. The van der Waals surface area contributed by atoms with E-state index in [-0.39, 0.29) is 11.1 Å². The fourth-order valence-corrected chi connectivity index (χ4v) is 5.72. The fourth-order valence-electron chi connectivity index (χ4n) is 5.72. The van der Waals surface area contributed by atoms with Gasteiger partial charge in [-0.25, -0.2) is 9.59 Å². The Balaban J connectivity index is 1.67. The largest absolute Gasteiger partial charge is 0.386 e. The number of hydrogen-bond donors (Lipinski definition) is 0. The molecule has 2 aromatic heterocycles. The first kappa shape index (κ1) is 27.3. The molecule has 0 radical (unpaired) electrons. The van der Waals surface area contributed by atoms with Crippen LogP contribution in [0.3, 0.4) is 0 Å². The van der Waals surface area contributed by atoms with E-state index in [0.29, 0.717) is 5.56 Å². The maximum Gasteiger partial charge on any atom is 0.346 e. The number of carbonyl (C=O) groups is 2. The van der Waals surface area contributed by atoms with Crippen LogP contribution in [-0.4, -0.2) is 21.9 Å². The van der Waals surface area contributed by atoms with Crippen molar-refractivity contribution < 1.29 is 14.3 Å². The van der Waals surface area contributed by atoms with Crippen LogP contribution in [0.1, 0.15) is 31.8 Å². The van der Waals surface area contributed by atoms with Gasteiger partial charge in [-0.1, -0.05) is 54.3 Å². The molecule has 7 rings (SSSR count). The van der Waals surface area contributed by atoms with E-state index < -0.39 is 11.9 Å². The molecular weight excluding hydrogens is 556 g/mol. The van der Waals surface area contributed by atoms with E-state index in [1.807, 2.05) is 91.0 Å². The molecule has 5 heteroatoms. The van der Waals surface area contributed by atoms with E-state index >= 15 is 0 Å². The Morgan fingerprint density at radius 2 is 1.04 bits per heavy atom. The second-order valence-corrected chi connectivity index (χ2v) is 10.4. The van der Waals surface area contributed by atoms with Crippen LogP contribution in [0.15, 0.2) is 122 Å². The van der Waals surface area contributed by atoms with Crippen LogP contribution in [0.4, 0.5) is 0 Å². The van der Waals surface area contributed by atoms with Gasteiger partial charge in [0.1, 0.15) is 0 Å². The quantitative estimate of drug-likeness (QED) is 0.118. The summed E-state index contributed by atoms with van der Waals surface area (Å²) in [6, 6.07) is 34.4. The normalized spacial score (nSPS) is 11.8. The second kappa shape index (κ2) is 11.3. The van der Waals surface area contributed by atoms with Gasteiger partial charge >= 0.3 is 11.9 Å². The van der Waals surface area contributed by atoms with Crippen LogP contribution >= 0.6 is 0 Å². The average molecular weight is 579 g/mol. The molecule has 5 nitrogen and oxygen atoms in total. The number of fused-ring (bicyclic) bond motifs is 1. The van der Waals surface area contributed by atoms with Crippen molar-refractivity contribution >= 4 is 11.9 Å². The predicted molar refractivity (Wildman–Crippen MR) is 175 cm³/mol. The highest BCUT2D eigenvalue weighted by Crippen LogP contribution is 2.50. The van der Waals surface area contributed by atoms with Gasteiger partial charge in [0, 0.05) is 40.2 Å². The number of ether oxygens (including phenoxy) is 1. The van der Waals surface area contributed by atoms with Crippen LogP contribution in [0.2, 0.25) is 0 Å². The first-order valence-electron chi connectivity index (χ1n) is 14.1. The van der Waals surface area contributed by atoms with Crippen LogP contribution in [0.25, 0.3) is 55.9 Å². The van der Waals surface area contributed by atoms with E-state index in [1.54, 1.807) is 24.5 Å². The standard InChI is InChI=1S/C40H22N2O3/c1-3-25-11-15-27(16-12-25)36-33(34-9-5-7-21-41-34)24-31(29-19-20-30-32(23-29)40(44)45-39(30)43)38(35-10-6-8-22-42-35)37(36)28-17-13-26(4-2)14-18-28/h1-2,5-24H. The molecule has 3 heterocycles. The molecule has 0 atom stereocenters. The van der Waals surface area contributed by atoms with Crippen molar-refractivity contribution in [3.05, 3.63) is 144 Å². The molecule has 0 bridgehead atoms. The van der Waals surface area contributed by atoms with Crippen LogP contribution in [-0.2, 0) is 4.74 Å². The highest BCUT2D eigenvalue weighted by molar-refractivity contribution is 6.16. The van der Waals surface area contributed by atoms with Crippen LogP contribution < -0.4 is 0 Å². The fraction of sp³-hybridized carbons (Fsp3) is 0. The van der Waals surface area contributed by atoms with Gasteiger partial charge in [-0.05, 0) is 94.5 Å². The molecule has 0 N–H and O–H groups in total. The second-order valence-electron chi connectivity index (χ2n) is 10.4. The maximum absolute atomic E-state index is 12.6. The number of cyclic esters (lactones) is 2. The Labute approximate surface area is 260 Å². The summed E-state index contributed by atoms with van der Waals surface area (Å²) < 4.78 is 4.91. The number of carbonyl (C=O) groups excluding carboxylic acids is 2. The van der Waals surface area contributed by atoms with Gasteiger partial charge in [-0.3, -0.25) is 9.97 Å². The molecule has 0 aliphatic carbocycles. The first-order chi connectivity index (χ1) is 22.1. The lowest BCUT2D eigenvalue weighted by Crippen LogP contribution is -2.00. The van der Waals surface area contributed by atoms with Crippen LogP contribution in [0.5, 0.6) is 0 Å². The van der Waals surface area contributed by atoms with Crippen molar-refractivity contribution in [3.8, 4) is 80.6 Å². The number of aromatic nitrogens is 2. The first-order valence-corrected chi connectivity index (χ1v) is 14.1. The molecule has 0 unspecified atom stereocenters. The van der Waals surface area contributed by atoms with Gasteiger partial charge in [0.25, 0.3) is 0 Å². The summed E-state index contributed by atoms with van der Waals surface area (Å²) in [4.78, 5) is 34.5. The van der Waals surface area contributed by atoms with Gasteiger partial charge < -0.3 is 4.74 Å². The Morgan fingerprint density at radius 3 is 1.62 bits per heavy atom. The molecule has 0 saturated carbocycles. The van der Waals surface area contributed by atoms with Crippen molar-refractivity contribution in [2.45, 2.75) is 0 Å². The van der Waals surface area contributed by atoms with Crippen molar-refractivity contribution in [1.82, 2.24) is 9.97 Å². The molecule has 0 saturated heterocycles. The van der Waals surface area contributed by atoms with Gasteiger partial charge in [0.15, 0.2) is 0 Å². The Hall–Kier alpha value is -6.56. The Bertz CT molecular complexity index is 2210. The zero-order chi connectivity index (χ0) is 30.9. The molecule has 0 spiro atoms. The zero-order valence-electron chi connectivity index (χ0n) is 23.8. The number of nitrogens with zero attached hydrogens (tertiary/aromatic N) is 2. The number of hydrogen-bond acceptors (Lipinski definition) is 5. The van der Waals surface area contributed by atoms with Gasteiger partial charge in [0.05, 0.1) is 22.5 Å². The van der Waals surface area contributed by atoms with Crippen molar-refractivity contribution in [2.75, 3.05) is 0 Å². The van der Waals surface area contributed by atoms with Crippen LogP contribution in [0, 0.1) is 24.7 Å². The molecule has 210 valence electrons. The molecule has 45 heavy (non-hydrogen) atoms. The van der Waals surface area contributed by atoms with E-state index in [9.17, 15) is 9.59 Å². The summed E-state index contributed by atoms with van der Waals surface area (Å²) in [6.45, 7) is 0. The summed E-state index contributed by atoms with van der Waals surface area (Å²) >= 11 is 0. The van der Waals surface area contributed by atoms with Crippen molar-refractivity contribution in [2.24, 2.45) is 0 Å². The number of rotatable bonds is 5. The summed E-state index contributed by atoms with van der Waals surface area (Å²) in [5.74, 6) is 4.09. The topological polar surface area (TPSA) is 69.2 Å². The lowest BCUT2D eigenvalue weighted by molar-refractivity contribution is 0.0443. The number of benzene rings is 4. The summed E-state index contributed by atoms with van der Waals surface area (Å²) in [7, 11) is 0. The highest BCUT2D eigenvalue weighted by Gasteiger charge is 2.31. The van der Waals surface area contributed by atoms with Crippen molar-refractivity contribution in [1.29, 1.82) is 0 Å². The van der Waals surface area contributed by atoms with Gasteiger partial charge in [0.2, 0.25) is 0 Å². The van der Waals surface area contributed by atoms with Gasteiger partial charge in [-0.2, -0.15) is 0 Å².